The highest BCUT2D eigenvalue weighted by Crippen LogP contribution is 2.28. The Kier molecular flexibility index (Phi) is 1.95. The van der Waals surface area contributed by atoms with Crippen LogP contribution in [0.15, 0.2) is 36.4 Å². The van der Waals surface area contributed by atoms with E-state index < -0.39 is 0 Å². The number of H-pyrrole nitrogens is 1. The maximum atomic E-state index is 13.7. The van der Waals surface area contributed by atoms with Crippen LogP contribution in [0, 0.1) is 9.52 Å². The zero-order chi connectivity index (χ0) is 10.4. The van der Waals surface area contributed by atoms with E-state index in [9.17, 15) is 4.39 Å². The SMILES string of the molecule is Fc1cc2[nH]c(I)cc2c2ccccc12. The van der Waals surface area contributed by atoms with Gasteiger partial charge in [-0.3, -0.25) is 0 Å². The van der Waals surface area contributed by atoms with Crippen LogP contribution in [0.1, 0.15) is 0 Å². The summed E-state index contributed by atoms with van der Waals surface area (Å²) in [6.45, 7) is 0. The quantitative estimate of drug-likeness (QED) is 0.603. The molecule has 0 aliphatic carbocycles. The average Bonchev–Trinajstić information content (AvgIpc) is 2.59. The number of rotatable bonds is 0. The van der Waals surface area contributed by atoms with E-state index >= 15 is 0 Å². The molecular weight excluding hydrogens is 304 g/mol. The summed E-state index contributed by atoms with van der Waals surface area (Å²) in [5, 5.41) is 2.73. The standard InChI is InChI=1S/C12H7FIN/c13-10-6-11-9(5-12(14)15-11)7-3-1-2-4-8(7)10/h1-6,15H. The van der Waals surface area contributed by atoms with Crippen molar-refractivity contribution in [3.8, 4) is 0 Å². The fourth-order valence-electron chi connectivity index (χ4n) is 1.90. The van der Waals surface area contributed by atoms with Gasteiger partial charge in [-0.1, -0.05) is 24.3 Å². The van der Waals surface area contributed by atoms with Gasteiger partial charge >= 0.3 is 0 Å². The lowest BCUT2D eigenvalue weighted by Crippen LogP contribution is -1.80. The van der Waals surface area contributed by atoms with Crippen molar-refractivity contribution < 1.29 is 4.39 Å². The summed E-state index contributed by atoms with van der Waals surface area (Å²) in [7, 11) is 0. The van der Waals surface area contributed by atoms with Crippen LogP contribution in [0.3, 0.4) is 0 Å². The Morgan fingerprint density at radius 3 is 2.53 bits per heavy atom. The highest BCUT2D eigenvalue weighted by Gasteiger charge is 2.07. The number of hydrogen-bond acceptors (Lipinski definition) is 0. The molecule has 1 aromatic heterocycles. The van der Waals surface area contributed by atoms with Crippen molar-refractivity contribution in [2.45, 2.75) is 0 Å². The molecule has 2 aromatic carbocycles. The van der Waals surface area contributed by atoms with Crippen molar-refractivity contribution in [1.29, 1.82) is 0 Å². The first-order valence-electron chi connectivity index (χ1n) is 4.61. The van der Waals surface area contributed by atoms with Crippen molar-refractivity contribution in [1.82, 2.24) is 4.98 Å². The van der Waals surface area contributed by atoms with Gasteiger partial charge in [-0.05, 0) is 40.1 Å². The molecule has 0 aliphatic rings. The highest BCUT2D eigenvalue weighted by molar-refractivity contribution is 14.1. The van der Waals surface area contributed by atoms with E-state index in [0.717, 1.165) is 20.0 Å². The van der Waals surface area contributed by atoms with Crippen LogP contribution in [0.4, 0.5) is 4.39 Å². The fraction of sp³-hybridized carbons (Fsp3) is 0. The molecule has 0 unspecified atom stereocenters. The number of hydrogen-bond donors (Lipinski definition) is 1. The predicted octanol–water partition coefficient (Wildman–Crippen LogP) is 4.06. The number of halogens is 2. The minimum atomic E-state index is -0.170. The zero-order valence-electron chi connectivity index (χ0n) is 7.72. The second kappa shape index (κ2) is 3.20. The molecule has 74 valence electrons. The summed E-state index contributed by atoms with van der Waals surface area (Å²) in [6.07, 6.45) is 0. The van der Waals surface area contributed by atoms with Crippen LogP contribution in [-0.4, -0.2) is 4.98 Å². The summed E-state index contributed by atoms with van der Waals surface area (Å²) < 4.78 is 14.7. The zero-order valence-corrected chi connectivity index (χ0v) is 9.88. The molecule has 1 N–H and O–H groups in total. The van der Waals surface area contributed by atoms with E-state index in [1.165, 1.54) is 0 Å². The van der Waals surface area contributed by atoms with Gasteiger partial charge in [0.05, 0.1) is 3.70 Å². The minimum absolute atomic E-state index is 0.170. The smallest absolute Gasteiger partial charge is 0.133 e. The summed E-state index contributed by atoms with van der Waals surface area (Å²) in [5.41, 5.74) is 0.857. The first-order chi connectivity index (χ1) is 7.25. The predicted molar refractivity (Wildman–Crippen MR) is 68.5 cm³/mol. The molecule has 15 heavy (non-hydrogen) atoms. The minimum Gasteiger partial charge on any atom is -0.350 e. The maximum Gasteiger partial charge on any atom is 0.133 e. The molecule has 0 spiro atoms. The van der Waals surface area contributed by atoms with Gasteiger partial charge in [0.25, 0.3) is 0 Å². The number of aromatic amines is 1. The van der Waals surface area contributed by atoms with Crippen molar-refractivity contribution in [3.63, 3.8) is 0 Å². The normalized spacial score (nSPS) is 11.3. The molecule has 3 aromatic rings. The Morgan fingerprint density at radius 1 is 1.00 bits per heavy atom. The molecule has 0 radical (unpaired) electrons. The topological polar surface area (TPSA) is 15.8 Å². The summed E-state index contributed by atoms with van der Waals surface area (Å²) in [5.74, 6) is -0.170. The molecule has 0 amide bonds. The van der Waals surface area contributed by atoms with E-state index in [4.69, 9.17) is 0 Å². The third-order valence-electron chi connectivity index (χ3n) is 2.56. The first kappa shape index (κ1) is 9.15. The van der Waals surface area contributed by atoms with Gasteiger partial charge in [-0.2, -0.15) is 0 Å². The lowest BCUT2D eigenvalue weighted by molar-refractivity contribution is 0.641. The van der Waals surface area contributed by atoms with Gasteiger partial charge in [0, 0.05) is 16.3 Å². The Labute approximate surface area is 99.4 Å². The molecule has 1 nitrogen and oxygen atoms in total. The molecule has 0 saturated heterocycles. The third-order valence-corrected chi connectivity index (χ3v) is 3.14. The van der Waals surface area contributed by atoms with Crippen molar-refractivity contribution in [2.24, 2.45) is 0 Å². The Hall–Kier alpha value is -1.10. The Bertz CT molecular complexity index is 657. The van der Waals surface area contributed by atoms with Gasteiger partial charge < -0.3 is 4.98 Å². The summed E-state index contributed by atoms with van der Waals surface area (Å²) in [6, 6.07) is 11.1. The van der Waals surface area contributed by atoms with Crippen molar-refractivity contribution in [3.05, 3.63) is 45.9 Å². The molecular formula is C12H7FIN. The van der Waals surface area contributed by atoms with E-state index in [-0.39, 0.29) is 5.82 Å². The van der Waals surface area contributed by atoms with Gasteiger partial charge in [0.1, 0.15) is 5.82 Å². The Balaban J connectivity index is 2.62. The summed E-state index contributed by atoms with van der Waals surface area (Å²) >= 11 is 2.20. The van der Waals surface area contributed by atoms with E-state index in [0.29, 0.717) is 5.39 Å². The second-order valence-electron chi connectivity index (χ2n) is 3.48. The number of fused-ring (bicyclic) bond motifs is 3. The largest absolute Gasteiger partial charge is 0.350 e. The van der Waals surface area contributed by atoms with Crippen LogP contribution < -0.4 is 0 Å². The molecule has 0 atom stereocenters. The second-order valence-corrected chi connectivity index (χ2v) is 4.64. The maximum absolute atomic E-state index is 13.7. The lowest BCUT2D eigenvalue weighted by atomic mass is 10.1. The van der Waals surface area contributed by atoms with Gasteiger partial charge in [-0.15, -0.1) is 0 Å². The van der Waals surface area contributed by atoms with Crippen LogP contribution in [0.5, 0.6) is 0 Å². The number of aromatic nitrogens is 1. The van der Waals surface area contributed by atoms with Gasteiger partial charge in [-0.25, -0.2) is 4.39 Å². The first-order valence-corrected chi connectivity index (χ1v) is 5.69. The van der Waals surface area contributed by atoms with Gasteiger partial charge in [0.15, 0.2) is 0 Å². The van der Waals surface area contributed by atoms with Crippen LogP contribution in [-0.2, 0) is 0 Å². The van der Waals surface area contributed by atoms with E-state index in [1.54, 1.807) is 6.07 Å². The van der Waals surface area contributed by atoms with Crippen molar-refractivity contribution in [2.75, 3.05) is 0 Å². The van der Waals surface area contributed by atoms with E-state index in [2.05, 4.69) is 27.6 Å². The molecule has 0 bridgehead atoms. The van der Waals surface area contributed by atoms with Crippen LogP contribution in [0.25, 0.3) is 21.7 Å². The van der Waals surface area contributed by atoms with Crippen molar-refractivity contribution >= 4 is 44.3 Å². The molecule has 0 saturated carbocycles. The molecule has 3 heteroatoms. The van der Waals surface area contributed by atoms with Crippen LogP contribution in [0.2, 0.25) is 0 Å². The Morgan fingerprint density at radius 2 is 1.73 bits per heavy atom. The van der Waals surface area contributed by atoms with Gasteiger partial charge in [0.2, 0.25) is 0 Å². The summed E-state index contributed by atoms with van der Waals surface area (Å²) in [4.78, 5) is 3.14. The fourth-order valence-corrected chi connectivity index (χ4v) is 2.51. The lowest BCUT2D eigenvalue weighted by Gasteiger charge is -2.00. The van der Waals surface area contributed by atoms with Crippen LogP contribution >= 0.6 is 22.6 Å². The molecule has 0 fully saturated rings. The number of benzene rings is 2. The molecule has 3 rings (SSSR count). The molecule has 0 aliphatic heterocycles. The molecule has 1 heterocycles. The highest BCUT2D eigenvalue weighted by atomic mass is 127. The monoisotopic (exact) mass is 311 g/mol. The number of nitrogens with one attached hydrogen (secondary N) is 1. The average molecular weight is 311 g/mol. The van der Waals surface area contributed by atoms with E-state index in [1.807, 2.05) is 30.3 Å². The third kappa shape index (κ3) is 1.33.